The SMILES string of the molecule is C[C@H](Sc1nnc(CN2CCCCC2)n1-c1ccccc1)C(=O)Nc1ncc(Cl)cc1Cl. The maximum atomic E-state index is 12.8. The van der Waals surface area contributed by atoms with Gasteiger partial charge in [-0.15, -0.1) is 10.2 Å². The Morgan fingerprint density at radius 3 is 2.62 bits per heavy atom. The predicted molar refractivity (Wildman–Crippen MR) is 129 cm³/mol. The zero-order chi connectivity index (χ0) is 22.5. The first-order valence-corrected chi connectivity index (χ1v) is 12.2. The molecule has 1 amide bonds. The van der Waals surface area contributed by atoms with Crippen molar-refractivity contribution in [3.8, 4) is 5.69 Å². The number of aromatic nitrogens is 4. The summed E-state index contributed by atoms with van der Waals surface area (Å²) in [5.74, 6) is 0.923. The number of nitrogens with one attached hydrogen (secondary N) is 1. The Morgan fingerprint density at radius 2 is 1.91 bits per heavy atom. The van der Waals surface area contributed by atoms with Crippen LogP contribution < -0.4 is 5.32 Å². The Bertz CT molecular complexity index is 1070. The largest absolute Gasteiger partial charge is 0.308 e. The molecular formula is C22H24Cl2N6OS. The second kappa shape index (κ2) is 10.7. The van der Waals surface area contributed by atoms with Crippen LogP contribution in [0.2, 0.25) is 10.0 Å². The summed E-state index contributed by atoms with van der Waals surface area (Å²) in [6.07, 6.45) is 5.14. The van der Waals surface area contributed by atoms with Gasteiger partial charge < -0.3 is 5.32 Å². The maximum absolute atomic E-state index is 12.8. The Balaban J connectivity index is 1.53. The molecule has 168 valence electrons. The highest BCUT2D eigenvalue weighted by Gasteiger charge is 2.23. The molecule has 0 spiro atoms. The van der Waals surface area contributed by atoms with Gasteiger partial charge in [-0.1, -0.05) is 59.6 Å². The number of carbonyl (C=O) groups excluding carboxylic acids is 1. The van der Waals surface area contributed by atoms with Crippen molar-refractivity contribution in [2.75, 3.05) is 18.4 Å². The van der Waals surface area contributed by atoms with Crippen molar-refractivity contribution in [3.63, 3.8) is 0 Å². The Labute approximate surface area is 201 Å². The third kappa shape index (κ3) is 5.61. The molecule has 3 heterocycles. The van der Waals surface area contributed by atoms with E-state index < -0.39 is 5.25 Å². The molecule has 3 aromatic rings. The summed E-state index contributed by atoms with van der Waals surface area (Å²) >= 11 is 13.4. The number of likely N-dealkylation sites (tertiary alicyclic amines) is 1. The third-order valence-corrected chi connectivity index (χ3v) is 6.77. The van der Waals surface area contributed by atoms with Gasteiger partial charge in [-0.25, -0.2) is 4.98 Å². The highest BCUT2D eigenvalue weighted by molar-refractivity contribution is 8.00. The molecule has 0 saturated carbocycles. The summed E-state index contributed by atoms with van der Waals surface area (Å²) in [6, 6.07) is 11.5. The van der Waals surface area contributed by atoms with E-state index in [2.05, 4.69) is 25.4 Å². The highest BCUT2D eigenvalue weighted by Crippen LogP contribution is 2.28. The van der Waals surface area contributed by atoms with Gasteiger partial charge in [-0.2, -0.15) is 0 Å². The maximum Gasteiger partial charge on any atom is 0.238 e. The van der Waals surface area contributed by atoms with Crippen molar-refractivity contribution in [3.05, 3.63) is 58.5 Å². The lowest BCUT2D eigenvalue weighted by Gasteiger charge is -2.26. The van der Waals surface area contributed by atoms with E-state index >= 15 is 0 Å². The molecule has 1 aliphatic heterocycles. The molecule has 0 radical (unpaired) electrons. The summed E-state index contributed by atoms with van der Waals surface area (Å²) in [5, 5.41) is 12.6. The van der Waals surface area contributed by atoms with Gasteiger partial charge in [0.05, 0.1) is 21.8 Å². The van der Waals surface area contributed by atoms with Crippen molar-refractivity contribution < 1.29 is 4.79 Å². The summed E-state index contributed by atoms with van der Waals surface area (Å²) < 4.78 is 2.04. The fraction of sp³-hybridized carbons (Fsp3) is 0.364. The molecule has 1 fully saturated rings. The predicted octanol–water partition coefficient (Wildman–Crippen LogP) is 5.07. The minimum Gasteiger partial charge on any atom is -0.308 e. The second-order valence-electron chi connectivity index (χ2n) is 7.64. The molecule has 10 heteroatoms. The zero-order valence-corrected chi connectivity index (χ0v) is 20.0. The van der Waals surface area contributed by atoms with E-state index in [1.807, 2.05) is 41.8 Å². The molecule has 32 heavy (non-hydrogen) atoms. The van der Waals surface area contributed by atoms with Gasteiger partial charge >= 0.3 is 0 Å². The number of hydrogen-bond donors (Lipinski definition) is 1. The normalized spacial score (nSPS) is 15.5. The fourth-order valence-electron chi connectivity index (χ4n) is 3.57. The number of amides is 1. The number of piperidine rings is 1. The lowest BCUT2D eigenvalue weighted by Crippen LogP contribution is -2.30. The zero-order valence-electron chi connectivity index (χ0n) is 17.7. The lowest BCUT2D eigenvalue weighted by atomic mass is 10.1. The van der Waals surface area contributed by atoms with Crippen LogP contribution in [-0.4, -0.2) is 48.9 Å². The first kappa shape index (κ1) is 23.0. The van der Waals surface area contributed by atoms with Gasteiger partial charge in [0.15, 0.2) is 16.8 Å². The van der Waals surface area contributed by atoms with Crippen LogP contribution in [0.25, 0.3) is 5.69 Å². The summed E-state index contributed by atoms with van der Waals surface area (Å²) in [7, 11) is 0. The summed E-state index contributed by atoms with van der Waals surface area (Å²) in [5.41, 5.74) is 0.974. The van der Waals surface area contributed by atoms with Gasteiger partial charge in [0.2, 0.25) is 5.91 Å². The molecule has 1 atom stereocenters. The second-order valence-corrected chi connectivity index (χ2v) is 9.79. The molecule has 0 unspecified atom stereocenters. The molecule has 0 aliphatic carbocycles. The number of halogens is 2. The number of anilines is 1. The number of para-hydroxylation sites is 1. The van der Waals surface area contributed by atoms with Crippen molar-refractivity contribution >= 4 is 46.7 Å². The average Bonchev–Trinajstić information content (AvgIpc) is 3.18. The van der Waals surface area contributed by atoms with Crippen LogP contribution in [0.3, 0.4) is 0 Å². The van der Waals surface area contributed by atoms with Gasteiger partial charge in [0, 0.05) is 11.9 Å². The smallest absolute Gasteiger partial charge is 0.238 e. The molecule has 0 bridgehead atoms. The monoisotopic (exact) mass is 490 g/mol. The van der Waals surface area contributed by atoms with Crippen LogP contribution >= 0.6 is 35.0 Å². The highest BCUT2D eigenvalue weighted by atomic mass is 35.5. The van der Waals surface area contributed by atoms with Crippen molar-refractivity contribution in [2.45, 2.75) is 43.1 Å². The van der Waals surface area contributed by atoms with Crippen LogP contribution in [0.5, 0.6) is 0 Å². The Morgan fingerprint density at radius 1 is 1.16 bits per heavy atom. The third-order valence-electron chi connectivity index (χ3n) is 5.23. The van der Waals surface area contributed by atoms with Gasteiger partial charge in [0.25, 0.3) is 0 Å². The topological polar surface area (TPSA) is 75.9 Å². The minimum absolute atomic E-state index is 0.230. The molecule has 2 aromatic heterocycles. The molecule has 7 nitrogen and oxygen atoms in total. The first-order valence-electron chi connectivity index (χ1n) is 10.5. The van der Waals surface area contributed by atoms with E-state index in [0.29, 0.717) is 15.2 Å². The molecule has 1 N–H and O–H groups in total. The van der Waals surface area contributed by atoms with Crippen LogP contribution in [0.1, 0.15) is 32.0 Å². The standard InChI is InChI=1S/C22H24Cl2N6OS/c1-15(21(31)26-20-18(24)12-16(23)13-25-20)32-22-28-27-19(14-29-10-6-3-7-11-29)30(22)17-8-4-2-5-9-17/h2,4-5,8-9,12-13,15H,3,6-7,10-11,14H2,1H3,(H,25,26,31)/t15-/m0/s1. The number of thioether (sulfide) groups is 1. The van der Waals surface area contributed by atoms with Gasteiger partial charge in [-0.3, -0.25) is 14.3 Å². The quantitative estimate of drug-likeness (QED) is 0.465. The number of carbonyl (C=O) groups is 1. The van der Waals surface area contributed by atoms with Crippen molar-refractivity contribution in [1.82, 2.24) is 24.6 Å². The molecule has 1 aliphatic rings. The molecule has 1 aromatic carbocycles. The number of rotatable bonds is 7. The van der Waals surface area contributed by atoms with E-state index in [4.69, 9.17) is 23.2 Å². The fourth-order valence-corrected chi connectivity index (χ4v) is 4.88. The minimum atomic E-state index is -0.446. The molecular weight excluding hydrogens is 467 g/mol. The number of nitrogens with zero attached hydrogens (tertiary/aromatic N) is 5. The summed E-state index contributed by atoms with van der Waals surface area (Å²) in [4.78, 5) is 19.3. The van der Waals surface area contributed by atoms with Crippen LogP contribution in [0.15, 0.2) is 47.8 Å². The van der Waals surface area contributed by atoms with Crippen molar-refractivity contribution in [1.29, 1.82) is 0 Å². The Kier molecular flexibility index (Phi) is 7.67. The number of benzene rings is 1. The van der Waals surface area contributed by atoms with Crippen LogP contribution in [0, 0.1) is 0 Å². The van der Waals surface area contributed by atoms with E-state index in [0.717, 1.165) is 31.1 Å². The van der Waals surface area contributed by atoms with E-state index in [1.165, 1.54) is 37.2 Å². The molecule has 4 rings (SSSR count). The van der Waals surface area contributed by atoms with Crippen molar-refractivity contribution in [2.24, 2.45) is 0 Å². The van der Waals surface area contributed by atoms with Crippen LogP contribution in [0.4, 0.5) is 5.82 Å². The molecule has 1 saturated heterocycles. The van der Waals surface area contributed by atoms with E-state index in [9.17, 15) is 4.79 Å². The Hall–Kier alpha value is -2.13. The first-order chi connectivity index (χ1) is 15.5. The lowest BCUT2D eigenvalue weighted by molar-refractivity contribution is -0.115. The number of pyridine rings is 1. The summed E-state index contributed by atoms with van der Waals surface area (Å²) in [6.45, 7) is 4.68. The van der Waals surface area contributed by atoms with Gasteiger partial charge in [0.1, 0.15) is 0 Å². The van der Waals surface area contributed by atoms with E-state index in [1.54, 1.807) is 6.07 Å². The van der Waals surface area contributed by atoms with E-state index in [-0.39, 0.29) is 11.7 Å². The number of hydrogen-bond acceptors (Lipinski definition) is 6. The van der Waals surface area contributed by atoms with Crippen LogP contribution in [-0.2, 0) is 11.3 Å². The average molecular weight is 491 g/mol. The van der Waals surface area contributed by atoms with Gasteiger partial charge in [-0.05, 0) is 51.1 Å².